The second-order valence-corrected chi connectivity index (χ2v) is 10.9. The highest BCUT2D eigenvalue weighted by Crippen LogP contribution is 2.37. The number of alkyl carbamates (subject to hydrolysis) is 1. The van der Waals surface area contributed by atoms with Crippen LogP contribution in [0.1, 0.15) is 95.4 Å². The van der Waals surface area contributed by atoms with Gasteiger partial charge in [-0.05, 0) is 71.4 Å². The molecule has 1 aliphatic carbocycles. The lowest BCUT2D eigenvalue weighted by atomic mass is 9.95. The third-order valence-corrected chi connectivity index (χ3v) is 6.20. The lowest BCUT2D eigenvalue weighted by Crippen LogP contribution is -2.54. The Morgan fingerprint density at radius 3 is 2.38 bits per heavy atom. The van der Waals surface area contributed by atoms with Gasteiger partial charge in [0.2, 0.25) is 17.7 Å². The summed E-state index contributed by atoms with van der Waals surface area (Å²) in [5.74, 6) is -1.26. The molecule has 0 saturated heterocycles. The average Bonchev–Trinajstić information content (AvgIpc) is 3.63. The highest BCUT2D eigenvalue weighted by Gasteiger charge is 2.44. The van der Waals surface area contributed by atoms with Crippen molar-refractivity contribution >= 4 is 23.8 Å². The van der Waals surface area contributed by atoms with Gasteiger partial charge in [0.05, 0.1) is 0 Å². The number of nitrogens with one attached hydrogen (secondary N) is 2. The molecule has 1 aliphatic rings. The molecule has 1 aromatic rings. The molecule has 206 valence electrons. The van der Waals surface area contributed by atoms with Crippen LogP contribution in [-0.4, -0.2) is 52.9 Å². The molecule has 0 bridgehead atoms. The standard InChI is InChI=1S/C28H44N4O5/c1-7-8-9-16-30-25(34)24(21-17-18(2)10-11-19(21)3)32(20-12-13-20)26(35)22(14-15-23(29)33)31-27(36)37-28(4,5)6/h10-11,17,20,22,24H,7-9,12-16H2,1-6H3,(H2,29,33)(H,30,34)(H,31,36). The molecule has 2 unspecified atom stereocenters. The average molecular weight is 517 g/mol. The number of hydrogen-bond donors (Lipinski definition) is 3. The smallest absolute Gasteiger partial charge is 0.408 e. The van der Waals surface area contributed by atoms with E-state index in [-0.39, 0.29) is 24.8 Å². The zero-order chi connectivity index (χ0) is 27.8. The van der Waals surface area contributed by atoms with Crippen molar-refractivity contribution in [3.8, 4) is 0 Å². The molecule has 4 N–H and O–H groups in total. The van der Waals surface area contributed by atoms with Crippen LogP contribution >= 0.6 is 0 Å². The summed E-state index contributed by atoms with van der Waals surface area (Å²) in [6.45, 7) is 11.7. The quantitative estimate of drug-likeness (QED) is 0.343. The lowest BCUT2D eigenvalue weighted by Gasteiger charge is -2.35. The Labute approximate surface area is 220 Å². The Kier molecular flexibility index (Phi) is 10.9. The van der Waals surface area contributed by atoms with Crippen LogP contribution < -0.4 is 16.4 Å². The van der Waals surface area contributed by atoms with E-state index in [9.17, 15) is 19.2 Å². The van der Waals surface area contributed by atoms with Gasteiger partial charge in [0.1, 0.15) is 17.7 Å². The normalized spacial score (nSPS) is 14.9. The minimum atomic E-state index is -1.07. The van der Waals surface area contributed by atoms with E-state index in [0.717, 1.165) is 48.8 Å². The highest BCUT2D eigenvalue weighted by molar-refractivity contribution is 5.93. The van der Waals surface area contributed by atoms with Gasteiger partial charge in [-0.3, -0.25) is 14.4 Å². The van der Waals surface area contributed by atoms with E-state index in [0.29, 0.717) is 6.54 Å². The number of benzene rings is 1. The second-order valence-electron chi connectivity index (χ2n) is 10.9. The number of rotatable bonds is 13. The summed E-state index contributed by atoms with van der Waals surface area (Å²) in [6, 6.07) is 3.78. The molecule has 0 heterocycles. The van der Waals surface area contributed by atoms with Crippen molar-refractivity contribution in [3.05, 3.63) is 34.9 Å². The van der Waals surface area contributed by atoms with Crippen molar-refractivity contribution in [2.75, 3.05) is 6.54 Å². The van der Waals surface area contributed by atoms with E-state index in [4.69, 9.17) is 10.5 Å². The SMILES string of the molecule is CCCCCNC(=O)C(c1cc(C)ccc1C)N(C(=O)C(CCC(N)=O)NC(=O)OC(C)(C)C)C1CC1. The number of ether oxygens (including phenoxy) is 1. The summed E-state index contributed by atoms with van der Waals surface area (Å²) in [7, 11) is 0. The first-order valence-corrected chi connectivity index (χ1v) is 13.3. The fourth-order valence-electron chi connectivity index (χ4n) is 4.20. The molecule has 9 nitrogen and oxygen atoms in total. The largest absolute Gasteiger partial charge is 0.444 e. The minimum Gasteiger partial charge on any atom is -0.444 e. The van der Waals surface area contributed by atoms with Gasteiger partial charge in [0.15, 0.2) is 0 Å². The molecule has 1 saturated carbocycles. The van der Waals surface area contributed by atoms with Crippen LogP contribution in [0.5, 0.6) is 0 Å². The van der Waals surface area contributed by atoms with E-state index in [1.165, 1.54) is 0 Å². The Morgan fingerprint density at radius 2 is 1.81 bits per heavy atom. The maximum absolute atomic E-state index is 14.1. The monoisotopic (exact) mass is 516 g/mol. The predicted molar refractivity (Wildman–Crippen MR) is 143 cm³/mol. The topological polar surface area (TPSA) is 131 Å². The van der Waals surface area contributed by atoms with Gasteiger partial charge in [-0.2, -0.15) is 0 Å². The number of carbonyl (C=O) groups excluding carboxylic acids is 4. The summed E-state index contributed by atoms with van der Waals surface area (Å²) in [5, 5.41) is 5.65. The molecular weight excluding hydrogens is 472 g/mol. The van der Waals surface area contributed by atoms with Crippen LogP contribution in [-0.2, 0) is 19.1 Å². The van der Waals surface area contributed by atoms with Crippen molar-refractivity contribution < 1.29 is 23.9 Å². The number of amides is 4. The van der Waals surface area contributed by atoms with Crippen LogP contribution in [0.4, 0.5) is 4.79 Å². The van der Waals surface area contributed by atoms with Gasteiger partial charge in [-0.1, -0.05) is 43.5 Å². The van der Waals surface area contributed by atoms with Crippen LogP contribution in [0.15, 0.2) is 18.2 Å². The number of nitrogens with two attached hydrogens (primary N) is 1. The third-order valence-electron chi connectivity index (χ3n) is 6.20. The molecule has 2 atom stereocenters. The first-order chi connectivity index (χ1) is 17.3. The molecule has 0 aliphatic heterocycles. The molecule has 2 rings (SSSR count). The van der Waals surface area contributed by atoms with E-state index >= 15 is 0 Å². The zero-order valence-electron chi connectivity index (χ0n) is 23.2. The van der Waals surface area contributed by atoms with E-state index < -0.39 is 35.6 Å². The molecule has 0 aromatic heterocycles. The number of carbonyl (C=O) groups is 4. The Balaban J connectivity index is 2.45. The lowest BCUT2D eigenvalue weighted by molar-refractivity contribution is -0.143. The fourth-order valence-corrected chi connectivity index (χ4v) is 4.20. The summed E-state index contributed by atoms with van der Waals surface area (Å²) in [4.78, 5) is 53.5. The van der Waals surface area contributed by atoms with Gasteiger partial charge in [-0.15, -0.1) is 0 Å². The summed E-state index contributed by atoms with van der Waals surface area (Å²) in [5.41, 5.74) is 7.22. The van der Waals surface area contributed by atoms with Gasteiger partial charge >= 0.3 is 6.09 Å². The van der Waals surface area contributed by atoms with Crippen molar-refractivity contribution in [2.24, 2.45) is 5.73 Å². The minimum absolute atomic E-state index is 0.00820. The fraction of sp³-hybridized carbons (Fsp3) is 0.643. The van der Waals surface area contributed by atoms with Crippen molar-refractivity contribution in [1.82, 2.24) is 15.5 Å². The van der Waals surface area contributed by atoms with Gasteiger partial charge in [0, 0.05) is 19.0 Å². The van der Waals surface area contributed by atoms with E-state index in [2.05, 4.69) is 17.6 Å². The summed E-state index contributed by atoms with van der Waals surface area (Å²) >= 11 is 0. The van der Waals surface area contributed by atoms with Crippen LogP contribution in [0.2, 0.25) is 0 Å². The van der Waals surface area contributed by atoms with Crippen LogP contribution in [0.25, 0.3) is 0 Å². The van der Waals surface area contributed by atoms with E-state index in [1.807, 2.05) is 32.0 Å². The second kappa shape index (κ2) is 13.4. The summed E-state index contributed by atoms with van der Waals surface area (Å²) in [6.07, 6.45) is 3.53. The van der Waals surface area contributed by atoms with Gasteiger partial charge < -0.3 is 26.0 Å². The predicted octanol–water partition coefficient (Wildman–Crippen LogP) is 3.80. The van der Waals surface area contributed by atoms with Crippen LogP contribution in [0.3, 0.4) is 0 Å². The molecule has 0 radical (unpaired) electrons. The first-order valence-electron chi connectivity index (χ1n) is 13.3. The zero-order valence-corrected chi connectivity index (χ0v) is 23.2. The van der Waals surface area contributed by atoms with Crippen molar-refractivity contribution in [1.29, 1.82) is 0 Å². The molecule has 0 spiro atoms. The maximum atomic E-state index is 14.1. The molecule has 1 aromatic carbocycles. The molecule has 9 heteroatoms. The first kappa shape index (κ1) is 30.1. The van der Waals surface area contributed by atoms with Gasteiger partial charge in [0.25, 0.3) is 0 Å². The number of primary amides is 1. The molecule has 1 fully saturated rings. The van der Waals surface area contributed by atoms with Crippen molar-refractivity contribution in [2.45, 2.75) is 110 Å². The number of aryl methyl sites for hydroxylation is 2. The van der Waals surface area contributed by atoms with Crippen LogP contribution in [0, 0.1) is 13.8 Å². The molecule has 37 heavy (non-hydrogen) atoms. The summed E-state index contributed by atoms with van der Waals surface area (Å²) < 4.78 is 5.37. The van der Waals surface area contributed by atoms with E-state index in [1.54, 1.807) is 25.7 Å². The Morgan fingerprint density at radius 1 is 1.14 bits per heavy atom. The maximum Gasteiger partial charge on any atom is 0.408 e. The number of unbranched alkanes of at least 4 members (excludes halogenated alkanes) is 2. The van der Waals surface area contributed by atoms with Gasteiger partial charge in [-0.25, -0.2) is 4.79 Å². The number of hydrogen-bond acceptors (Lipinski definition) is 5. The molecule has 4 amide bonds. The third kappa shape index (κ3) is 9.70. The van der Waals surface area contributed by atoms with Crippen molar-refractivity contribution in [3.63, 3.8) is 0 Å². The number of nitrogens with zero attached hydrogens (tertiary/aromatic N) is 1. The highest BCUT2D eigenvalue weighted by atomic mass is 16.6. The Bertz CT molecular complexity index is 968. The molecular formula is C28H44N4O5. The Hall–Kier alpha value is -3.10.